The van der Waals surface area contributed by atoms with Crippen LogP contribution in [0.3, 0.4) is 0 Å². The highest BCUT2D eigenvalue weighted by molar-refractivity contribution is 5.81. The minimum Gasteiger partial charge on any atom is -0.494 e. The lowest BCUT2D eigenvalue weighted by Gasteiger charge is -2.07. The first-order chi connectivity index (χ1) is 33.8. The molecule has 0 atom stereocenters. The fourth-order valence-corrected chi connectivity index (χ4v) is 6.41. The van der Waals surface area contributed by atoms with Gasteiger partial charge in [0.05, 0.1) is 39.3 Å². The van der Waals surface area contributed by atoms with Crippen LogP contribution in [0.1, 0.15) is 44.9 Å². The molecule has 0 spiro atoms. The Hall–Kier alpha value is -8.67. The lowest BCUT2D eigenvalue weighted by Crippen LogP contribution is -2.04. The van der Waals surface area contributed by atoms with Crippen molar-refractivity contribution in [1.82, 2.24) is 30.6 Å². The van der Waals surface area contributed by atoms with Crippen molar-refractivity contribution >= 4 is 17.9 Å². The molecule has 18 heteroatoms. The number of esters is 3. The number of unbranched alkanes of at least 4 members (excludes halogenated alkanes) is 3. The third kappa shape index (κ3) is 14.2. The van der Waals surface area contributed by atoms with E-state index < -0.39 is 11.9 Å². The van der Waals surface area contributed by atoms with E-state index in [9.17, 15) is 14.4 Å². The summed E-state index contributed by atoms with van der Waals surface area (Å²) in [5.41, 5.74) is 3.54. The second kappa shape index (κ2) is 24.7. The Morgan fingerprint density at radius 3 is 1.04 bits per heavy atom. The Morgan fingerprint density at radius 2 is 0.725 bits per heavy atom. The maximum absolute atomic E-state index is 11.5. The number of rotatable bonds is 27. The zero-order chi connectivity index (χ0) is 48.2. The highest BCUT2D eigenvalue weighted by Gasteiger charge is 2.20. The third-order valence-electron chi connectivity index (χ3n) is 9.95. The van der Waals surface area contributed by atoms with Crippen LogP contribution in [0.2, 0.25) is 0 Å². The van der Waals surface area contributed by atoms with E-state index in [2.05, 4.69) is 50.3 Å². The molecular weight excluding hydrogens is 889 g/mol. The normalized spacial score (nSPS) is 10.8. The van der Waals surface area contributed by atoms with Crippen LogP contribution < -0.4 is 14.2 Å². The van der Waals surface area contributed by atoms with E-state index in [1.165, 1.54) is 0 Å². The highest BCUT2D eigenvalue weighted by atomic mass is 16.5. The average molecular weight is 937 g/mol. The van der Waals surface area contributed by atoms with Crippen molar-refractivity contribution in [3.05, 3.63) is 129 Å². The van der Waals surface area contributed by atoms with Crippen molar-refractivity contribution in [1.29, 1.82) is 0 Å². The van der Waals surface area contributed by atoms with Crippen LogP contribution in [-0.4, -0.2) is 81.5 Å². The molecule has 7 aromatic rings. The average Bonchev–Trinajstić information content (AvgIpc) is 4.20. The van der Waals surface area contributed by atoms with Gasteiger partial charge < -0.3 is 41.7 Å². The van der Waals surface area contributed by atoms with Gasteiger partial charge in [-0.3, -0.25) is 4.79 Å². The zero-order valence-electron chi connectivity index (χ0n) is 37.6. The lowest BCUT2D eigenvalue weighted by molar-refractivity contribution is -0.139. The number of nitrogens with zero attached hydrogens (tertiary/aromatic N) is 6. The molecule has 3 heterocycles. The van der Waals surface area contributed by atoms with E-state index in [4.69, 9.17) is 41.7 Å². The van der Waals surface area contributed by atoms with Crippen molar-refractivity contribution in [3.8, 4) is 86.0 Å². The van der Waals surface area contributed by atoms with Crippen molar-refractivity contribution in [2.45, 2.75) is 44.9 Å². The van der Waals surface area contributed by atoms with E-state index in [-0.39, 0.29) is 47.7 Å². The second-order valence-corrected chi connectivity index (χ2v) is 14.9. The summed E-state index contributed by atoms with van der Waals surface area (Å²) in [6.45, 7) is 12.1. The van der Waals surface area contributed by atoms with Gasteiger partial charge in [0.15, 0.2) is 0 Å². The predicted molar refractivity (Wildman–Crippen MR) is 250 cm³/mol. The van der Waals surface area contributed by atoms with Gasteiger partial charge in [0.1, 0.15) is 17.2 Å². The Morgan fingerprint density at radius 1 is 0.420 bits per heavy atom. The first-order valence-electron chi connectivity index (χ1n) is 22.0. The fourth-order valence-electron chi connectivity index (χ4n) is 6.41. The lowest BCUT2D eigenvalue weighted by atomic mass is 10.1. The van der Waals surface area contributed by atoms with Gasteiger partial charge in [-0.15, -0.1) is 30.6 Å². The molecule has 354 valence electrons. The molecule has 7 rings (SSSR count). The standard InChI is InChI=1S/C51H48N6O12/c1-4-43(58)65-29-11-9-27-63-41-22-16-35(17-23-41)47-53-56-50(68-47)38-31-37(49-55-52-46(67-49)34-14-20-40(21-15-34)62-26-8-7-13-45(60)61-6-3)32-39(33-38)51-57-54-48(69-51)36-18-24-42(25-19-36)64-28-10-12-30-66-44(59)5-2/h4-6,14-25,31-33H,1-3,7-13,26-30H2. The van der Waals surface area contributed by atoms with E-state index in [1.54, 1.807) is 54.6 Å². The molecule has 0 saturated heterocycles. The number of benzene rings is 4. The van der Waals surface area contributed by atoms with Crippen molar-refractivity contribution in [2.24, 2.45) is 0 Å². The number of carbonyl (C=O) groups excluding carboxylic acids is 3. The summed E-state index contributed by atoms with van der Waals surface area (Å²) in [5, 5.41) is 26.1. The van der Waals surface area contributed by atoms with Crippen molar-refractivity contribution in [3.63, 3.8) is 0 Å². The maximum atomic E-state index is 11.5. The smallest absolute Gasteiger partial charge is 0.330 e. The molecular formula is C51H48N6O12. The fraction of sp³-hybridized carbons (Fsp3) is 0.235. The Bertz CT molecular complexity index is 2680. The summed E-state index contributed by atoms with van der Waals surface area (Å²) in [5.74, 6) is 2.14. The van der Waals surface area contributed by atoms with E-state index in [0.29, 0.717) is 122 Å². The summed E-state index contributed by atoms with van der Waals surface area (Å²) >= 11 is 0. The van der Waals surface area contributed by atoms with Gasteiger partial charge in [0, 0.05) is 52.0 Å². The van der Waals surface area contributed by atoms with Crippen molar-refractivity contribution < 1.29 is 56.1 Å². The molecule has 0 unspecified atom stereocenters. The molecule has 18 nitrogen and oxygen atoms in total. The van der Waals surface area contributed by atoms with Crippen LogP contribution in [0, 0.1) is 0 Å². The summed E-state index contributed by atoms with van der Waals surface area (Å²) in [7, 11) is 0. The molecule has 4 aromatic carbocycles. The van der Waals surface area contributed by atoms with Crippen LogP contribution >= 0.6 is 0 Å². The van der Waals surface area contributed by atoms with Gasteiger partial charge in [-0.05, 0) is 130 Å². The third-order valence-corrected chi connectivity index (χ3v) is 9.95. The summed E-state index contributed by atoms with van der Waals surface area (Å²) in [6.07, 6.45) is 7.68. The van der Waals surface area contributed by atoms with E-state index in [1.807, 2.05) is 36.4 Å². The largest absolute Gasteiger partial charge is 0.494 e. The summed E-state index contributed by atoms with van der Waals surface area (Å²) in [6, 6.07) is 27.1. The van der Waals surface area contributed by atoms with Crippen LogP contribution in [0.15, 0.2) is 142 Å². The number of hydrogen-bond acceptors (Lipinski definition) is 18. The van der Waals surface area contributed by atoms with Crippen LogP contribution in [-0.2, 0) is 28.6 Å². The van der Waals surface area contributed by atoms with Crippen LogP contribution in [0.4, 0.5) is 0 Å². The zero-order valence-corrected chi connectivity index (χ0v) is 37.6. The maximum Gasteiger partial charge on any atom is 0.330 e. The molecule has 0 fully saturated rings. The number of carbonyl (C=O) groups is 3. The topological polar surface area (TPSA) is 223 Å². The van der Waals surface area contributed by atoms with Gasteiger partial charge in [-0.25, -0.2) is 9.59 Å². The minimum absolute atomic E-state index is 0.199. The summed E-state index contributed by atoms with van der Waals surface area (Å²) in [4.78, 5) is 34.0. The Balaban J connectivity index is 1.06. The first kappa shape index (κ1) is 48.3. The molecule has 0 aliphatic rings. The second-order valence-electron chi connectivity index (χ2n) is 14.9. The van der Waals surface area contributed by atoms with Gasteiger partial charge in [-0.1, -0.05) is 19.7 Å². The molecule has 69 heavy (non-hydrogen) atoms. The molecule has 0 saturated carbocycles. The molecule has 0 bridgehead atoms. The Labute approximate surface area is 396 Å². The van der Waals surface area contributed by atoms with Gasteiger partial charge in [0.2, 0.25) is 35.3 Å². The monoisotopic (exact) mass is 936 g/mol. The minimum atomic E-state index is -0.449. The predicted octanol–water partition coefficient (Wildman–Crippen LogP) is 9.85. The molecule has 0 amide bonds. The molecule has 0 aliphatic heterocycles. The SMILES string of the molecule is C=COC(=O)CCCCOc1ccc(-c2nnc(-c3cc(-c4nnc(-c5ccc(OCCCCOC(=O)C=C)cc5)o4)cc(-c4nnc(-c5ccc(OCCCCOC(=O)C=C)cc5)o4)c3)o2)cc1. The highest BCUT2D eigenvalue weighted by Crippen LogP contribution is 2.35. The first-order valence-corrected chi connectivity index (χ1v) is 22.0. The van der Waals surface area contributed by atoms with E-state index >= 15 is 0 Å². The number of ether oxygens (including phenoxy) is 6. The van der Waals surface area contributed by atoms with E-state index in [0.717, 1.165) is 18.4 Å². The van der Waals surface area contributed by atoms with Gasteiger partial charge >= 0.3 is 17.9 Å². The van der Waals surface area contributed by atoms with Crippen LogP contribution in [0.25, 0.3) is 68.7 Å². The van der Waals surface area contributed by atoms with Gasteiger partial charge in [0.25, 0.3) is 0 Å². The van der Waals surface area contributed by atoms with Gasteiger partial charge in [-0.2, -0.15) is 0 Å². The number of hydrogen-bond donors (Lipinski definition) is 0. The molecule has 0 aliphatic carbocycles. The molecule has 0 radical (unpaired) electrons. The van der Waals surface area contributed by atoms with Crippen molar-refractivity contribution in [2.75, 3.05) is 33.0 Å². The number of aromatic nitrogens is 6. The summed E-state index contributed by atoms with van der Waals surface area (Å²) < 4.78 is 50.9. The quantitative estimate of drug-likeness (QED) is 0.0154. The molecule has 0 N–H and O–H groups in total. The molecule has 3 aromatic heterocycles. The Kier molecular flexibility index (Phi) is 17.3. The van der Waals surface area contributed by atoms with Crippen LogP contribution in [0.5, 0.6) is 17.2 Å².